The Morgan fingerprint density at radius 3 is 2.38 bits per heavy atom. The summed E-state index contributed by atoms with van der Waals surface area (Å²) < 4.78 is 31.0. The van der Waals surface area contributed by atoms with Crippen LogP contribution in [0.1, 0.15) is 22.5 Å². The van der Waals surface area contributed by atoms with Gasteiger partial charge in [0, 0.05) is 21.4 Å². The topological polar surface area (TPSA) is 83.8 Å². The lowest BCUT2D eigenvalue weighted by Crippen LogP contribution is -2.39. The Hall–Kier alpha value is -3.69. The minimum absolute atomic E-state index is 0.104. The average Bonchev–Trinajstić information content (AvgIpc) is 3.16. The lowest BCUT2D eigenvalue weighted by molar-refractivity contribution is -0.119. The number of hydrazone groups is 1. The molecule has 1 amide bonds. The summed E-state index contributed by atoms with van der Waals surface area (Å²) in [6.07, 6.45) is 1.57. The number of anilines is 1. The predicted octanol–water partition coefficient (Wildman–Crippen LogP) is 5.51. The van der Waals surface area contributed by atoms with Gasteiger partial charge >= 0.3 is 0 Å². The molecule has 37 heavy (non-hydrogen) atoms. The van der Waals surface area contributed by atoms with Gasteiger partial charge in [0.2, 0.25) is 0 Å². The molecule has 1 N–H and O–H groups in total. The third-order valence-electron chi connectivity index (χ3n) is 5.86. The molecule has 0 bridgehead atoms. The molecule has 7 nitrogen and oxygen atoms in total. The first-order valence-corrected chi connectivity index (χ1v) is 13.8. The molecule has 190 valence electrons. The molecular formula is C28H27BrN4O3S. The number of hydrogen-bond donors (Lipinski definition) is 1. The SMILES string of the molecule is Cc1cccc(N(CC(=O)N/N=C\c2cc(C)n(-c3ccccc3Br)c2C)S(=O)(=O)c2ccccc2)c1. The first kappa shape index (κ1) is 26.4. The lowest BCUT2D eigenvalue weighted by atomic mass is 10.2. The molecule has 0 unspecified atom stereocenters. The molecule has 0 radical (unpaired) electrons. The van der Waals surface area contributed by atoms with Crippen LogP contribution in [0.4, 0.5) is 5.69 Å². The van der Waals surface area contributed by atoms with Gasteiger partial charge in [-0.3, -0.25) is 9.10 Å². The fourth-order valence-corrected chi connectivity index (χ4v) is 5.98. The van der Waals surface area contributed by atoms with Crippen molar-refractivity contribution in [1.82, 2.24) is 9.99 Å². The molecule has 3 aromatic carbocycles. The van der Waals surface area contributed by atoms with Gasteiger partial charge in [-0.25, -0.2) is 13.8 Å². The summed E-state index contributed by atoms with van der Waals surface area (Å²) in [6, 6.07) is 25.0. The van der Waals surface area contributed by atoms with Crippen LogP contribution in [-0.2, 0) is 14.8 Å². The van der Waals surface area contributed by atoms with Crippen molar-refractivity contribution in [3.63, 3.8) is 0 Å². The highest BCUT2D eigenvalue weighted by atomic mass is 79.9. The summed E-state index contributed by atoms with van der Waals surface area (Å²) in [5, 5.41) is 4.12. The Morgan fingerprint density at radius 2 is 1.68 bits per heavy atom. The zero-order valence-corrected chi connectivity index (χ0v) is 23.1. The summed E-state index contributed by atoms with van der Waals surface area (Å²) in [5.41, 5.74) is 7.56. The maximum atomic E-state index is 13.4. The number of para-hydroxylation sites is 1. The molecule has 1 heterocycles. The highest BCUT2D eigenvalue weighted by Crippen LogP contribution is 2.26. The molecule has 4 rings (SSSR count). The first-order chi connectivity index (χ1) is 17.7. The second kappa shape index (κ2) is 11.1. The summed E-state index contributed by atoms with van der Waals surface area (Å²) in [6.45, 7) is 5.41. The quantitative estimate of drug-likeness (QED) is 0.221. The van der Waals surface area contributed by atoms with E-state index in [2.05, 4.69) is 31.0 Å². The van der Waals surface area contributed by atoms with Crippen molar-refractivity contribution in [2.24, 2.45) is 5.10 Å². The highest BCUT2D eigenvalue weighted by Gasteiger charge is 2.27. The van der Waals surface area contributed by atoms with Crippen molar-refractivity contribution in [1.29, 1.82) is 0 Å². The van der Waals surface area contributed by atoms with Crippen LogP contribution in [0.25, 0.3) is 5.69 Å². The van der Waals surface area contributed by atoms with Crippen LogP contribution in [0.3, 0.4) is 0 Å². The summed E-state index contributed by atoms with van der Waals surface area (Å²) in [5.74, 6) is -0.558. The van der Waals surface area contributed by atoms with E-state index in [0.717, 1.165) is 37.0 Å². The second-order valence-corrected chi connectivity index (χ2v) is 11.3. The Balaban J connectivity index is 1.55. The van der Waals surface area contributed by atoms with E-state index < -0.39 is 22.5 Å². The molecule has 9 heteroatoms. The van der Waals surface area contributed by atoms with Crippen molar-refractivity contribution in [3.05, 3.63) is 112 Å². The summed E-state index contributed by atoms with van der Waals surface area (Å²) in [4.78, 5) is 13.0. The number of rotatable bonds is 8. The Kier molecular flexibility index (Phi) is 7.94. The zero-order chi connectivity index (χ0) is 26.6. The number of benzene rings is 3. The van der Waals surface area contributed by atoms with Gasteiger partial charge in [0.05, 0.1) is 22.5 Å². The number of carbonyl (C=O) groups excluding carboxylic acids is 1. The molecule has 0 aliphatic heterocycles. The van der Waals surface area contributed by atoms with E-state index in [9.17, 15) is 13.2 Å². The number of aryl methyl sites for hydroxylation is 2. The van der Waals surface area contributed by atoms with Gasteiger partial charge in [-0.2, -0.15) is 5.10 Å². The van der Waals surface area contributed by atoms with E-state index in [1.54, 1.807) is 42.6 Å². The van der Waals surface area contributed by atoms with Crippen molar-refractivity contribution < 1.29 is 13.2 Å². The van der Waals surface area contributed by atoms with E-state index in [1.807, 2.05) is 57.2 Å². The second-order valence-electron chi connectivity index (χ2n) is 8.57. The van der Waals surface area contributed by atoms with Crippen LogP contribution in [0, 0.1) is 20.8 Å². The molecular weight excluding hydrogens is 552 g/mol. The van der Waals surface area contributed by atoms with E-state index >= 15 is 0 Å². The number of sulfonamides is 1. The monoisotopic (exact) mass is 578 g/mol. The van der Waals surface area contributed by atoms with Crippen LogP contribution in [-0.4, -0.2) is 31.7 Å². The van der Waals surface area contributed by atoms with Crippen molar-refractivity contribution in [2.75, 3.05) is 10.8 Å². The van der Waals surface area contributed by atoms with Gasteiger partial charge < -0.3 is 4.57 Å². The standard InChI is InChI=1S/C28H27BrN4O3S/c1-20-10-9-11-24(16-20)32(37(35,36)25-12-5-4-6-13-25)19-28(34)31-30-18-23-17-21(2)33(22(23)3)27-15-8-7-14-26(27)29/h4-18H,19H2,1-3H3,(H,31,34)/b30-18-. The van der Waals surface area contributed by atoms with E-state index in [0.29, 0.717) is 5.69 Å². The summed E-state index contributed by atoms with van der Waals surface area (Å²) >= 11 is 3.60. The van der Waals surface area contributed by atoms with Crippen LogP contribution < -0.4 is 9.73 Å². The van der Waals surface area contributed by atoms with Gasteiger partial charge in [0.1, 0.15) is 6.54 Å². The number of nitrogens with zero attached hydrogens (tertiary/aromatic N) is 3. The maximum absolute atomic E-state index is 13.4. The van der Waals surface area contributed by atoms with Crippen molar-refractivity contribution in [2.45, 2.75) is 25.7 Å². The minimum Gasteiger partial charge on any atom is -0.317 e. The van der Waals surface area contributed by atoms with Gasteiger partial charge in [-0.1, -0.05) is 42.5 Å². The van der Waals surface area contributed by atoms with Crippen LogP contribution in [0.5, 0.6) is 0 Å². The number of carbonyl (C=O) groups is 1. The molecule has 0 aliphatic carbocycles. The molecule has 0 saturated heterocycles. The van der Waals surface area contributed by atoms with Gasteiger partial charge in [0.25, 0.3) is 15.9 Å². The van der Waals surface area contributed by atoms with E-state index in [4.69, 9.17) is 0 Å². The number of halogens is 1. The Bertz CT molecular complexity index is 1560. The largest absolute Gasteiger partial charge is 0.317 e. The average molecular weight is 580 g/mol. The minimum atomic E-state index is -3.97. The van der Waals surface area contributed by atoms with E-state index in [1.165, 1.54) is 12.1 Å². The van der Waals surface area contributed by atoms with Crippen molar-refractivity contribution in [3.8, 4) is 5.69 Å². The Morgan fingerprint density at radius 1 is 0.973 bits per heavy atom. The van der Waals surface area contributed by atoms with Crippen LogP contribution in [0.2, 0.25) is 0 Å². The molecule has 4 aromatic rings. The fourth-order valence-electron chi connectivity index (χ4n) is 4.08. The smallest absolute Gasteiger partial charge is 0.264 e. The number of amides is 1. The number of nitrogens with one attached hydrogen (secondary N) is 1. The van der Waals surface area contributed by atoms with Gasteiger partial charge in [-0.05, 0) is 84.7 Å². The first-order valence-electron chi connectivity index (χ1n) is 11.6. The third kappa shape index (κ3) is 5.84. The molecule has 0 aliphatic rings. The van der Waals surface area contributed by atoms with Crippen LogP contribution >= 0.6 is 15.9 Å². The Labute approximate surface area is 225 Å². The predicted molar refractivity (Wildman–Crippen MR) is 151 cm³/mol. The molecule has 0 fully saturated rings. The molecule has 0 atom stereocenters. The maximum Gasteiger partial charge on any atom is 0.264 e. The molecule has 0 saturated carbocycles. The van der Waals surface area contributed by atoms with Crippen LogP contribution in [0.15, 0.2) is 99.4 Å². The lowest BCUT2D eigenvalue weighted by Gasteiger charge is -2.24. The third-order valence-corrected chi connectivity index (χ3v) is 8.32. The summed E-state index contributed by atoms with van der Waals surface area (Å²) in [7, 11) is -3.97. The fraction of sp³-hybridized carbons (Fsp3) is 0.143. The van der Waals surface area contributed by atoms with Gasteiger partial charge in [0.15, 0.2) is 0 Å². The number of hydrogen-bond acceptors (Lipinski definition) is 4. The van der Waals surface area contributed by atoms with E-state index in [-0.39, 0.29) is 4.90 Å². The van der Waals surface area contributed by atoms with Gasteiger partial charge in [-0.15, -0.1) is 0 Å². The van der Waals surface area contributed by atoms with Crippen molar-refractivity contribution >= 4 is 43.8 Å². The number of aromatic nitrogens is 1. The molecule has 0 spiro atoms. The molecule has 1 aromatic heterocycles. The zero-order valence-electron chi connectivity index (χ0n) is 20.7. The normalized spacial score (nSPS) is 11.6. The highest BCUT2D eigenvalue weighted by molar-refractivity contribution is 9.10.